The molecule has 1 aromatic heterocycles. The molecule has 0 fully saturated rings. The number of nitrogens with one attached hydrogen (secondary N) is 2. The molecule has 4 rings (SSSR count). The second-order valence-corrected chi connectivity index (χ2v) is 6.70. The summed E-state index contributed by atoms with van der Waals surface area (Å²) in [6.07, 6.45) is 0. The van der Waals surface area contributed by atoms with Gasteiger partial charge in [-0.15, -0.1) is 0 Å². The SMILES string of the molecule is C[C@@H](Nc1ccc2oc3ccccc3c2c1)C(=O)Nc1ccc(F)cc1Cl. The monoisotopic (exact) mass is 382 g/mol. The van der Waals surface area contributed by atoms with Crippen molar-refractivity contribution >= 4 is 50.8 Å². The van der Waals surface area contributed by atoms with Crippen LogP contribution in [0.25, 0.3) is 21.9 Å². The van der Waals surface area contributed by atoms with Crippen LogP contribution in [0.2, 0.25) is 5.02 Å². The van der Waals surface area contributed by atoms with E-state index in [1.54, 1.807) is 6.92 Å². The molecule has 1 heterocycles. The van der Waals surface area contributed by atoms with Gasteiger partial charge in [0.15, 0.2) is 0 Å². The van der Waals surface area contributed by atoms with Crippen LogP contribution in [-0.2, 0) is 4.79 Å². The van der Waals surface area contributed by atoms with E-state index in [1.807, 2.05) is 42.5 Å². The lowest BCUT2D eigenvalue weighted by molar-refractivity contribution is -0.116. The summed E-state index contributed by atoms with van der Waals surface area (Å²) in [4.78, 5) is 12.4. The quantitative estimate of drug-likeness (QED) is 0.467. The number of benzene rings is 3. The maximum absolute atomic E-state index is 13.1. The highest BCUT2D eigenvalue weighted by Crippen LogP contribution is 2.30. The van der Waals surface area contributed by atoms with Gasteiger partial charge in [0.05, 0.1) is 10.7 Å². The standard InChI is InChI=1S/C21H16ClFN2O2/c1-12(21(26)25-18-8-6-13(23)10-17(18)22)24-14-7-9-20-16(11-14)15-4-2-3-5-19(15)27-20/h2-12,24H,1H3,(H,25,26)/t12-/m1/s1. The number of fused-ring (bicyclic) bond motifs is 3. The fourth-order valence-electron chi connectivity index (χ4n) is 2.96. The number of carbonyl (C=O) groups excluding carboxylic acids is 1. The molecule has 0 aliphatic rings. The molecule has 4 nitrogen and oxygen atoms in total. The second-order valence-electron chi connectivity index (χ2n) is 6.29. The van der Waals surface area contributed by atoms with Gasteiger partial charge >= 0.3 is 0 Å². The Balaban J connectivity index is 1.54. The van der Waals surface area contributed by atoms with Crippen molar-refractivity contribution in [3.05, 3.63) is 71.5 Å². The molecule has 2 N–H and O–H groups in total. The number of para-hydroxylation sites is 1. The van der Waals surface area contributed by atoms with Crippen molar-refractivity contribution < 1.29 is 13.6 Å². The molecule has 0 radical (unpaired) electrons. The number of rotatable bonds is 4. The first-order chi connectivity index (χ1) is 13.0. The molecule has 136 valence electrons. The van der Waals surface area contributed by atoms with Crippen LogP contribution in [0.15, 0.2) is 65.1 Å². The van der Waals surface area contributed by atoms with Gasteiger partial charge in [-0.2, -0.15) is 0 Å². The zero-order valence-electron chi connectivity index (χ0n) is 14.4. The number of carbonyl (C=O) groups is 1. The van der Waals surface area contributed by atoms with Crippen molar-refractivity contribution in [3.8, 4) is 0 Å². The van der Waals surface area contributed by atoms with Crippen molar-refractivity contribution in [1.82, 2.24) is 0 Å². The van der Waals surface area contributed by atoms with Crippen LogP contribution in [0.3, 0.4) is 0 Å². The molecule has 3 aromatic carbocycles. The number of halogens is 2. The van der Waals surface area contributed by atoms with E-state index >= 15 is 0 Å². The van der Waals surface area contributed by atoms with E-state index < -0.39 is 11.9 Å². The molecular formula is C21H16ClFN2O2. The van der Waals surface area contributed by atoms with Gasteiger partial charge < -0.3 is 15.1 Å². The molecule has 0 saturated heterocycles. The highest BCUT2D eigenvalue weighted by atomic mass is 35.5. The molecule has 0 bridgehead atoms. The van der Waals surface area contributed by atoms with E-state index in [4.69, 9.17) is 16.0 Å². The summed E-state index contributed by atoms with van der Waals surface area (Å²) in [5, 5.41) is 8.02. The van der Waals surface area contributed by atoms with Crippen LogP contribution in [0, 0.1) is 5.82 Å². The molecule has 0 saturated carbocycles. The molecule has 1 atom stereocenters. The van der Waals surface area contributed by atoms with E-state index in [0.29, 0.717) is 5.69 Å². The van der Waals surface area contributed by atoms with Crippen LogP contribution >= 0.6 is 11.6 Å². The van der Waals surface area contributed by atoms with Crippen molar-refractivity contribution in [1.29, 1.82) is 0 Å². The average molecular weight is 383 g/mol. The highest BCUT2D eigenvalue weighted by molar-refractivity contribution is 6.33. The Labute approximate surface area is 159 Å². The summed E-state index contributed by atoms with van der Waals surface area (Å²) in [7, 11) is 0. The third-order valence-electron chi connectivity index (χ3n) is 4.34. The Bertz CT molecular complexity index is 1160. The molecule has 1 amide bonds. The summed E-state index contributed by atoms with van der Waals surface area (Å²) < 4.78 is 18.9. The van der Waals surface area contributed by atoms with Gasteiger partial charge in [-0.05, 0) is 49.4 Å². The van der Waals surface area contributed by atoms with Crippen LogP contribution in [0.5, 0.6) is 0 Å². The lowest BCUT2D eigenvalue weighted by Crippen LogP contribution is -2.31. The van der Waals surface area contributed by atoms with E-state index in [-0.39, 0.29) is 10.9 Å². The third-order valence-corrected chi connectivity index (χ3v) is 4.65. The van der Waals surface area contributed by atoms with E-state index in [1.165, 1.54) is 12.1 Å². The van der Waals surface area contributed by atoms with Crippen molar-refractivity contribution in [3.63, 3.8) is 0 Å². The first-order valence-electron chi connectivity index (χ1n) is 8.45. The predicted molar refractivity (Wildman–Crippen MR) is 107 cm³/mol. The summed E-state index contributed by atoms with van der Waals surface area (Å²) in [5.74, 6) is -0.731. The highest BCUT2D eigenvalue weighted by Gasteiger charge is 2.15. The lowest BCUT2D eigenvalue weighted by atomic mass is 10.1. The maximum Gasteiger partial charge on any atom is 0.246 e. The van der Waals surface area contributed by atoms with Gasteiger partial charge in [-0.3, -0.25) is 4.79 Å². The third kappa shape index (κ3) is 3.46. The minimum absolute atomic E-state index is 0.154. The predicted octanol–water partition coefficient (Wildman–Crippen LogP) is 5.82. The maximum atomic E-state index is 13.1. The molecule has 4 aromatic rings. The van der Waals surface area contributed by atoms with Gasteiger partial charge in [0.25, 0.3) is 0 Å². The average Bonchev–Trinajstić information content (AvgIpc) is 3.02. The normalized spacial score (nSPS) is 12.3. The zero-order chi connectivity index (χ0) is 19.0. The van der Waals surface area contributed by atoms with Crippen molar-refractivity contribution in [2.24, 2.45) is 0 Å². The number of hydrogen-bond donors (Lipinski definition) is 2. The largest absolute Gasteiger partial charge is 0.456 e. The molecule has 6 heteroatoms. The Morgan fingerprint density at radius 2 is 1.81 bits per heavy atom. The number of anilines is 2. The molecule has 0 aliphatic heterocycles. The smallest absolute Gasteiger partial charge is 0.246 e. The van der Waals surface area contributed by atoms with Crippen LogP contribution in [0.4, 0.5) is 15.8 Å². The summed E-state index contributed by atoms with van der Waals surface area (Å²) >= 11 is 5.96. The topological polar surface area (TPSA) is 54.3 Å². The molecular weight excluding hydrogens is 367 g/mol. The van der Waals surface area contributed by atoms with Gasteiger partial charge in [-0.1, -0.05) is 29.8 Å². The zero-order valence-corrected chi connectivity index (χ0v) is 15.2. The fourth-order valence-corrected chi connectivity index (χ4v) is 3.18. The minimum Gasteiger partial charge on any atom is -0.456 e. The van der Waals surface area contributed by atoms with Gasteiger partial charge in [0, 0.05) is 16.5 Å². The fraction of sp³-hybridized carbons (Fsp3) is 0.0952. The van der Waals surface area contributed by atoms with Gasteiger partial charge in [-0.25, -0.2) is 4.39 Å². The first kappa shape index (κ1) is 17.4. The lowest BCUT2D eigenvalue weighted by Gasteiger charge is -2.16. The summed E-state index contributed by atoms with van der Waals surface area (Å²) in [5.41, 5.74) is 2.77. The number of amides is 1. The van der Waals surface area contributed by atoms with Crippen LogP contribution < -0.4 is 10.6 Å². The Morgan fingerprint density at radius 1 is 1.04 bits per heavy atom. The van der Waals surface area contributed by atoms with E-state index in [2.05, 4.69) is 10.6 Å². The number of furan rings is 1. The molecule has 0 spiro atoms. The minimum atomic E-state index is -0.526. The van der Waals surface area contributed by atoms with Gasteiger partial charge in [0.2, 0.25) is 5.91 Å². The van der Waals surface area contributed by atoms with Crippen molar-refractivity contribution in [2.45, 2.75) is 13.0 Å². The number of hydrogen-bond acceptors (Lipinski definition) is 3. The Hall–Kier alpha value is -3.05. The summed E-state index contributed by atoms with van der Waals surface area (Å²) in [6.45, 7) is 1.74. The Morgan fingerprint density at radius 3 is 2.63 bits per heavy atom. The van der Waals surface area contributed by atoms with Crippen molar-refractivity contribution in [2.75, 3.05) is 10.6 Å². The van der Waals surface area contributed by atoms with Crippen LogP contribution in [-0.4, -0.2) is 11.9 Å². The second kappa shape index (κ2) is 6.93. The summed E-state index contributed by atoms with van der Waals surface area (Å²) in [6, 6.07) is 16.8. The van der Waals surface area contributed by atoms with Gasteiger partial charge in [0.1, 0.15) is 23.0 Å². The first-order valence-corrected chi connectivity index (χ1v) is 8.83. The molecule has 0 unspecified atom stereocenters. The molecule has 27 heavy (non-hydrogen) atoms. The Kier molecular flexibility index (Phi) is 4.46. The molecule has 0 aliphatic carbocycles. The van der Waals surface area contributed by atoms with E-state index in [0.717, 1.165) is 33.7 Å². The van der Waals surface area contributed by atoms with E-state index in [9.17, 15) is 9.18 Å². The van der Waals surface area contributed by atoms with Crippen LogP contribution in [0.1, 0.15) is 6.92 Å².